The van der Waals surface area contributed by atoms with Crippen molar-refractivity contribution in [2.24, 2.45) is 0 Å². The minimum Gasteiger partial charge on any atom is -0.360 e. The van der Waals surface area contributed by atoms with Gasteiger partial charge in [-0.15, -0.1) is 0 Å². The molecule has 1 aromatic heterocycles. The van der Waals surface area contributed by atoms with Crippen LogP contribution in [0.4, 0.5) is 5.82 Å². The van der Waals surface area contributed by atoms with E-state index in [1.807, 2.05) is 66.7 Å². The van der Waals surface area contributed by atoms with Crippen LogP contribution in [0.1, 0.15) is 16.9 Å². The predicted octanol–water partition coefficient (Wildman–Crippen LogP) is 4.16. The number of amides is 1. The van der Waals surface area contributed by atoms with E-state index in [0.717, 1.165) is 11.1 Å². The predicted molar refractivity (Wildman–Crippen MR) is 90.6 cm³/mol. The number of hydrogen-bond acceptors (Lipinski definition) is 3. The molecule has 0 atom stereocenters. The lowest BCUT2D eigenvalue weighted by Crippen LogP contribution is -2.13. The average Bonchev–Trinajstić information content (AvgIpc) is 2.99. The molecule has 0 fully saturated rings. The first-order chi connectivity index (χ1) is 11.2. The van der Waals surface area contributed by atoms with Gasteiger partial charge in [-0.3, -0.25) is 4.79 Å². The van der Waals surface area contributed by atoms with Crippen molar-refractivity contribution in [1.82, 2.24) is 5.16 Å². The molecule has 3 aromatic rings. The van der Waals surface area contributed by atoms with Gasteiger partial charge in [0.05, 0.1) is 0 Å². The largest absolute Gasteiger partial charge is 0.360 e. The Kier molecular flexibility index (Phi) is 4.34. The van der Waals surface area contributed by atoms with Crippen molar-refractivity contribution in [3.63, 3.8) is 0 Å². The monoisotopic (exact) mass is 304 g/mol. The van der Waals surface area contributed by atoms with Crippen LogP contribution in [0.5, 0.6) is 0 Å². The van der Waals surface area contributed by atoms with Crippen LogP contribution < -0.4 is 5.32 Å². The van der Waals surface area contributed by atoms with Crippen LogP contribution >= 0.6 is 0 Å². The Bertz CT molecular complexity index is 821. The summed E-state index contributed by atoms with van der Waals surface area (Å²) in [6.07, 6.45) is 1.86. The van der Waals surface area contributed by atoms with Crippen molar-refractivity contribution in [2.45, 2.75) is 6.92 Å². The summed E-state index contributed by atoms with van der Waals surface area (Å²) in [5.74, 6) is 0.823. The molecular formula is C19H16N2O2. The number of benzene rings is 2. The summed E-state index contributed by atoms with van der Waals surface area (Å²) < 4.78 is 4.98. The second-order valence-corrected chi connectivity index (χ2v) is 5.11. The molecule has 0 spiro atoms. The number of aromatic nitrogens is 1. The maximum atomic E-state index is 12.7. The Balaban J connectivity index is 1.95. The lowest BCUT2D eigenvalue weighted by molar-refractivity contribution is -0.111. The van der Waals surface area contributed by atoms with Gasteiger partial charge in [-0.1, -0.05) is 65.8 Å². The van der Waals surface area contributed by atoms with E-state index < -0.39 is 0 Å². The quantitative estimate of drug-likeness (QED) is 0.581. The van der Waals surface area contributed by atoms with E-state index in [1.54, 1.807) is 13.0 Å². The summed E-state index contributed by atoms with van der Waals surface area (Å²) in [6, 6.07) is 20.9. The second kappa shape index (κ2) is 6.75. The van der Waals surface area contributed by atoms with Crippen LogP contribution in [0.15, 0.2) is 71.3 Å². The number of anilines is 1. The fourth-order valence-electron chi connectivity index (χ4n) is 2.22. The summed E-state index contributed by atoms with van der Waals surface area (Å²) in [4.78, 5) is 12.7. The third-order valence-corrected chi connectivity index (χ3v) is 3.31. The summed E-state index contributed by atoms with van der Waals surface area (Å²) in [7, 11) is 0. The van der Waals surface area contributed by atoms with Crippen LogP contribution in [0.3, 0.4) is 0 Å². The Morgan fingerprint density at radius 2 is 1.70 bits per heavy atom. The summed E-state index contributed by atoms with van der Waals surface area (Å²) in [5, 5.41) is 6.57. The van der Waals surface area contributed by atoms with Gasteiger partial charge in [0.1, 0.15) is 5.76 Å². The molecule has 1 amide bonds. The lowest BCUT2D eigenvalue weighted by atomic mass is 10.0. The van der Waals surface area contributed by atoms with Crippen molar-refractivity contribution < 1.29 is 9.32 Å². The molecule has 23 heavy (non-hydrogen) atoms. The molecule has 0 saturated heterocycles. The van der Waals surface area contributed by atoms with E-state index in [2.05, 4.69) is 10.5 Å². The number of aryl methyl sites for hydroxylation is 1. The van der Waals surface area contributed by atoms with E-state index in [4.69, 9.17) is 4.52 Å². The smallest absolute Gasteiger partial charge is 0.257 e. The highest BCUT2D eigenvalue weighted by Crippen LogP contribution is 2.20. The fourth-order valence-corrected chi connectivity index (χ4v) is 2.22. The van der Waals surface area contributed by atoms with Gasteiger partial charge in [0.15, 0.2) is 5.82 Å². The fraction of sp³-hybridized carbons (Fsp3) is 0.0526. The molecule has 0 bridgehead atoms. The standard InChI is InChI=1S/C19H16N2O2/c1-14-12-18(21-23-14)20-19(22)17(16-10-6-3-7-11-16)13-15-8-4-2-5-9-15/h2-13H,1H3,(H,20,21,22). The molecule has 0 radical (unpaired) electrons. The van der Waals surface area contributed by atoms with Crippen molar-refractivity contribution >= 4 is 23.4 Å². The van der Waals surface area contributed by atoms with E-state index in [0.29, 0.717) is 17.2 Å². The van der Waals surface area contributed by atoms with Crippen LogP contribution in [-0.2, 0) is 4.79 Å². The van der Waals surface area contributed by atoms with Crippen LogP contribution in [0.2, 0.25) is 0 Å². The average molecular weight is 304 g/mol. The zero-order chi connectivity index (χ0) is 16.1. The third kappa shape index (κ3) is 3.74. The molecule has 0 unspecified atom stereocenters. The first-order valence-electron chi connectivity index (χ1n) is 7.29. The minimum absolute atomic E-state index is 0.228. The van der Waals surface area contributed by atoms with E-state index in [1.165, 1.54) is 0 Å². The number of nitrogens with zero attached hydrogens (tertiary/aromatic N) is 1. The summed E-state index contributed by atoms with van der Waals surface area (Å²) in [6.45, 7) is 1.78. The highest BCUT2D eigenvalue weighted by atomic mass is 16.5. The molecule has 1 N–H and O–H groups in total. The van der Waals surface area contributed by atoms with Crippen LogP contribution in [0, 0.1) is 6.92 Å². The molecule has 4 heteroatoms. The van der Waals surface area contributed by atoms with E-state index in [9.17, 15) is 4.79 Å². The van der Waals surface area contributed by atoms with Crippen molar-refractivity contribution in [3.8, 4) is 0 Å². The van der Waals surface area contributed by atoms with Gasteiger partial charge in [-0.2, -0.15) is 0 Å². The molecule has 0 aliphatic rings. The van der Waals surface area contributed by atoms with Gasteiger partial charge < -0.3 is 9.84 Å². The first-order valence-corrected chi connectivity index (χ1v) is 7.29. The molecular weight excluding hydrogens is 288 g/mol. The summed E-state index contributed by atoms with van der Waals surface area (Å²) in [5.41, 5.74) is 2.37. The van der Waals surface area contributed by atoms with Gasteiger partial charge in [0, 0.05) is 11.6 Å². The zero-order valence-electron chi connectivity index (χ0n) is 12.7. The molecule has 0 saturated carbocycles. The minimum atomic E-state index is -0.228. The van der Waals surface area contributed by atoms with E-state index in [-0.39, 0.29) is 5.91 Å². The molecule has 0 aliphatic carbocycles. The second-order valence-electron chi connectivity index (χ2n) is 5.11. The first kappa shape index (κ1) is 14.8. The topological polar surface area (TPSA) is 55.1 Å². The maximum Gasteiger partial charge on any atom is 0.257 e. The Labute approximate surface area is 134 Å². The highest BCUT2D eigenvalue weighted by molar-refractivity contribution is 6.29. The Morgan fingerprint density at radius 3 is 2.30 bits per heavy atom. The normalized spacial score (nSPS) is 11.3. The van der Waals surface area contributed by atoms with Crippen LogP contribution in [-0.4, -0.2) is 11.1 Å². The SMILES string of the molecule is Cc1cc(NC(=O)C(=Cc2ccccc2)c2ccccc2)no1. The van der Waals surface area contributed by atoms with Gasteiger partial charge in [0.2, 0.25) is 0 Å². The zero-order valence-corrected chi connectivity index (χ0v) is 12.7. The molecule has 4 nitrogen and oxygen atoms in total. The molecule has 0 aliphatic heterocycles. The third-order valence-electron chi connectivity index (χ3n) is 3.31. The number of carbonyl (C=O) groups is 1. The Morgan fingerprint density at radius 1 is 1.04 bits per heavy atom. The van der Waals surface area contributed by atoms with Gasteiger partial charge in [0.25, 0.3) is 5.91 Å². The number of rotatable bonds is 4. The number of carbonyl (C=O) groups excluding carboxylic acids is 1. The van der Waals surface area contributed by atoms with Crippen molar-refractivity contribution in [2.75, 3.05) is 5.32 Å². The Hall–Kier alpha value is -3.14. The molecule has 114 valence electrons. The van der Waals surface area contributed by atoms with E-state index >= 15 is 0 Å². The number of hydrogen-bond donors (Lipinski definition) is 1. The summed E-state index contributed by atoms with van der Waals surface area (Å²) >= 11 is 0. The van der Waals surface area contributed by atoms with Gasteiger partial charge in [-0.25, -0.2) is 0 Å². The van der Waals surface area contributed by atoms with Crippen LogP contribution in [0.25, 0.3) is 11.6 Å². The molecule has 2 aromatic carbocycles. The molecule has 1 heterocycles. The van der Waals surface area contributed by atoms with Crippen molar-refractivity contribution in [3.05, 3.63) is 83.6 Å². The maximum absolute atomic E-state index is 12.7. The van der Waals surface area contributed by atoms with Crippen molar-refractivity contribution in [1.29, 1.82) is 0 Å². The number of nitrogens with one attached hydrogen (secondary N) is 1. The molecule has 3 rings (SSSR count). The lowest BCUT2D eigenvalue weighted by Gasteiger charge is -2.08. The van der Waals surface area contributed by atoms with Gasteiger partial charge >= 0.3 is 0 Å². The van der Waals surface area contributed by atoms with Gasteiger partial charge in [-0.05, 0) is 24.1 Å². The highest BCUT2D eigenvalue weighted by Gasteiger charge is 2.14.